The molecule has 2 unspecified atom stereocenters. The van der Waals surface area contributed by atoms with Gasteiger partial charge in [0.2, 0.25) is 0 Å². The second kappa shape index (κ2) is 5.69. The van der Waals surface area contributed by atoms with Gasteiger partial charge in [-0.3, -0.25) is 0 Å². The van der Waals surface area contributed by atoms with Crippen molar-refractivity contribution in [2.75, 3.05) is 6.61 Å². The van der Waals surface area contributed by atoms with Crippen LogP contribution in [-0.4, -0.2) is 17.8 Å². The van der Waals surface area contributed by atoms with Crippen molar-refractivity contribution in [1.29, 1.82) is 0 Å². The maximum atomic E-state index is 8.74. The first kappa shape index (κ1) is 9.92. The summed E-state index contributed by atoms with van der Waals surface area (Å²) in [6.45, 7) is 4.39. The molecule has 0 fully saturated rings. The van der Waals surface area contributed by atoms with Gasteiger partial charge in [-0.05, 0) is 12.3 Å². The third-order valence-electron chi connectivity index (χ3n) is 2.00. The molecule has 0 aromatic carbocycles. The molecule has 3 N–H and O–H groups in total. The Morgan fingerprint density at radius 2 is 2.00 bits per heavy atom. The molecule has 0 bridgehead atoms. The van der Waals surface area contributed by atoms with E-state index in [-0.39, 0.29) is 12.6 Å². The molecule has 0 spiro atoms. The summed E-state index contributed by atoms with van der Waals surface area (Å²) >= 11 is 0. The van der Waals surface area contributed by atoms with Gasteiger partial charge in [-0.25, -0.2) is 0 Å². The average molecular weight is 145 g/mol. The summed E-state index contributed by atoms with van der Waals surface area (Å²) in [4.78, 5) is 0. The standard InChI is InChI=1S/C8H19NO/c1-3-5-7(4-2)8(9)6-10/h7-8,10H,3-6,9H2,1-2H3. The molecule has 2 heteroatoms. The molecule has 0 aliphatic rings. The van der Waals surface area contributed by atoms with Crippen molar-refractivity contribution in [1.82, 2.24) is 0 Å². The number of aliphatic hydroxyl groups excluding tert-OH is 1. The third kappa shape index (κ3) is 3.18. The molecule has 0 aliphatic carbocycles. The van der Waals surface area contributed by atoms with Crippen LogP contribution in [0, 0.1) is 5.92 Å². The van der Waals surface area contributed by atoms with E-state index < -0.39 is 0 Å². The van der Waals surface area contributed by atoms with E-state index in [4.69, 9.17) is 10.8 Å². The maximum Gasteiger partial charge on any atom is 0.0585 e. The summed E-state index contributed by atoms with van der Waals surface area (Å²) in [7, 11) is 0. The Kier molecular flexibility index (Phi) is 5.64. The number of hydrogen-bond donors (Lipinski definition) is 2. The lowest BCUT2D eigenvalue weighted by molar-refractivity contribution is 0.217. The number of hydrogen-bond acceptors (Lipinski definition) is 2. The van der Waals surface area contributed by atoms with E-state index in [1.54, 1.807) is 0 Å². The molecular formula is C8H19NO. The minimum atomic E-state index is -0.00931. The molecule has 0 saturated heterocycles. The van der Waals surface area contributed by atoms with Crippen LogP contribution < -0.4 is 5.73 Å². The fourth-order valence-electron chi connectivity index (χ4n) is 1.24. The highest BCUT2D eigenvalue weighted by Gasteiger charge is 2.12. The highest BCUT2D eigenvalue weighted by molar-refractivity contribution is 4.69. The molecule has 0 aromatic heterocycles. The largest absolute Gasteiger partial charge is 0.395 e. The van der Waals surface area contributed by atoms with Crippen molar-refractivity contribution in [2.45, 2.75) is 39.2 Å². The van der Waals surface area contributed by atoms with Crippen LogP contribution in [0.4, 0.5) is 0 Å². The predicted molar refractivity (Wildman–Crippen MR) is 43.8 cm³/mol. The monoisotopic (exact) mass is 145 g/mol. The normalized spacial score (nSPS) is 16.8. The van der Waals surface area contributed by atoms with Crippen molar-refractivity contribution < 1.29 is 5.11 Å². The van der Waals surface area contributed by atoms with Crippen LogP contribution in [0.1, 0.15) is 33.1 Å². The highest BCUT2D eigenvalue weighted by atomic mass is 16.3. The molecule has 0 rings (SSSR count). The molecule has 0 saturated carbocycles. The van der Waals surface area contributed by atoms with Crippen molar-refractivity contribution in [3.8, 4) is 0 Å². The van der Waals surface area contributed by atoms with Gasteiger partial charge in [0.25, 0.3) is 0 Å². The molecular weight excluding hydrogens is 126 g/mol. The van der Waals surface area contributed by atoms with Gasteiger partial charge in [0, 0.05) is 6.04 Å². The quantitative estimate of drug-likeness (QED) is 0.609. The van der Waals surface area contributed by atoms with Gasteiger partial charge in [0.1, 0.15) is 0 Å². The fourth-order valence-corrected chi connectivity index (χ4v) is 1.24. The van der Waals surface area contributed by atoms with Gasteiger partial charge in [0.15, 0.2) is 0 Å². The Balaban J connectivity index is 3.56. The fraction of sp³-hybridized carbons (Fsp3) is 1.00. The predicted octanol–water partition coefficient (Wildman–Crippen LogP) is 1.13. The summed E-state index contributed by atoms with van der Waals surface area (Å²) in [6.07, 6.45) is 3.38. The summed E-state index contributed by atoms with van der Waals surface area (Å²) in [6, 6.07) is -0.00931. The zero-order chi connectivity index (χ0) is 7.98. The molecule has 0 heterocycles. The molecule has 0 aliphatic heterocycles. The molecule has 0 radical (unpaired) electrons. The molecule has 0 aromatic rings. The Labute approximate surface area is 63.4 Å². The first-order valence-corrected chi connectivity index (χ1v) is 4.12. The Hall–Kier alpha value is -0.0800. The van der Waals surface area contributed by atoms with Crippen LogP contribution in [0.25, 0.3) is 0 Å². The van der Waals surface area contributed by atoms with E-state index in [2.05, 4.69) is 13.8 Å². The smallest absolute Gasteiger partial charge is 0.0585 e. The van der Waals surface area contributed by atoms with Gasteiger partial charge in [-0.15, -0.1) is 0 Å². The molecule has 2 nitrogen and oxygen atoms in total. The summed E-state index contributed by atoms with van der Waals surface area (Å²) < 4.78 is 0. The van der Waals surface area contributed by atoms with Crippen molar-refractivity contribution >= 4 is 0 Å². The van der Waals surface area contributed by atoms with Crippen LogP contribution in [0.2, 0.25) is 0 Å². The van der Waals surface area contributed by atoms with Crippen molar-refractivity contribution in [3.05, 3.63) is 0 Å². The van der Waals surface area contributed by atoms with Crippen LogP contribution in [0.15, 0.2) is 0 Å². The lowest BCUT2D eigenvalue weighted by Crippen LogP contribution is -2.33. The van der Waals surface area contributed by atoms with Gasteiger partial charge in [-0.1, -0.05) is 26.7 Å². The number of aliphatic hydroxyl groups is 1. The number of nitrogens with two attached hydrogens (primary N) is 1. The Morgan fingerprint density at radius 3 is 2.30 bits per heavy atom. The topological polar surface area (TPSA) is 46.2 Å². The summed E-state index contributed by atoms with van der Waals surface area (Å²) in [5, 5.41) is 8.74. The minimum absolute atomic E-state index is 0.00931. The van der Waals surface area contributed by atoms with E-state index in [9.17, 15) is 0 Å². The van der Waals surface area contributed by atoms with Gasteiger partial charge < -0.3 is 10.8 Å². The average Bonchev–Trinajstić information content (AvgIpc) is 1.99. The van der Waals surface area contributed by atoms with Crippen LogP contribution in [0.3, 0.4) is 0 Å². The van der Waals surface area contributed by atoms with Crippen molar-refractivity contribution in [2.24, 2.45) is 11.7 Å². The molecule has 62 valence electrons. The zero-order valence-electron chi connectivity index (χ0n) is 7.01. The van der Waals surface area contributed by atoms with Crippen LogP contribution in [-0.2, 0) is 0 Å². The summed E-state index contributed by atoms with van der Waals surface area (Å²) in [5.74, 6) is 0.509. The first-order valence-electron chi connectivity index (χ1n) is 4.12. The van der Waals surface area contributed by atoms with Crippen LogP contribution >= 0.6 is 0 Å². The van der Waals surface area contributed by atoms with E-state index in [1.807, 2.05) is 0 Å². The minimum Gasteiger partial charge on any atom is -0.395 e. The number of rotatable bonds is 5. The molecule has 10 heavy (non-hydrogen) atoms. The maximum absolute atomic E-state index is 8.74. The third-order valence-corrected chi connectivity index (χ3v) is 2.00. The first-order chi connectivity index (χ1) is 4.76. The Bertz CT molecular complexity index is 75.7. The lowest BCUT2D eigenvalue weighted by Gasteiger charge is -2.19. The van der Waals surface area contributed by atoms with E-state index in [1.165, 1.54) is 0 Å². The van der Waals surface area contributed by atoms with Gasteiger partial charge in [0.05, 0.1) is 6.61 Å². The van der Waals surface area contributed by atoms with Gasteiger partial charge in [-0.2, -0.15) is 0 Å². The summed E-state index contributed by atoms with van der Waals surface area (Å²) in [5.41, 5.74) is 5.66. The molecule has 2 atom stereocenters. The SMILES string of the molecule is CCCC(CC)C(N)CO. The lowest BCUT2D eigenvalue weighted by atomic mass is 9.93. The second-order valence-electron chi connectivity index (χ2n) is 2.80. The molecule has 0 amide bonds. The van der Waals surface area contributed by atoms with Crippen LogP contribution in [0.5, 0.6) is 0 Å². The second-order valence-corrected chi connectivity index (χ2v) is 2.80. The van der Waals surface area contributed by atoms with E-state index >= 15 is 0 Å². The Morgan fingerprint density at radius 1 is 1.40 bits per heavy atom. The highest BCUT2D eigenvalue weighted by Crippen LogP contribution is 2.13. The van der Waals surface area contributed by atoms with E-state index in [0.717, 1.165) is 19.3 Å². The van der Waals surface area contributed by atoms with Crippen molar-refractivity contribution in [3.63, 3.8) is 0 Å². The van der Waals surface area contributed by atoms with E-state index in [0.29, 0.717) is 5.92 Å². The zero-order valence-corrected chi connectivity index (χ0v) is 7.01. The van der Waals surface area contributed by atoms with Gasteiger partial charge >= 0.3 is 0 Å².